The van der Waals surface area contributed by atoms with Gasteiger partial charge >= 0.3 is 0 Å². The highest BCUT2D eigenvalue weighted by atomic mass is 35.5. The van der Waals surface area contributed by atoms with E-state index >= 15 is 0 Å². The van der Waals surface area contributed by atoms with Crippen molar-refractivity contribution in [2.24, 2.45) is 0 Å². The second-order valence-electron chi connectivity index (χ2n) is 5.04. The van der Waals surface area contributed by atoms with E-state index in [9.17, 15) is 0 Å². The number of nitrogens with zero attached hydrogens (tertiary/aromatic N) is 2. The molecular formula is C13H20ClN3O. The molecule has 0 spiro atoms. The first kappa shape index (κ1) is 13.6. The van der Waals surface area contributed by atoms with Crippen LogP contribution in [-0.4, -0.2) is 29.2 Å². The summed E-state index contributed by atoms with van der Waals surface area (Å²) < 4.78 is 5.47. The van der Waals surface area contributed by atoms with Gasteiger partial charge in [-0.2, -0.15) is 0 Å². The minimum Gasteiger partial charge on any atom is -0.379 e. The molecule has 1 N–H and O–H groups in total. The van der Waals surface area contributed by atoms with Crippen molar-refractivity contribution >= 4 is 17.4 Å². The van der Waals surface area contributed by atoms with Gasteiger partial charge in [-0.1, -0.05) is 25.4 Å². The molecule has 1 aliphatic carbocycles. The first-order valence-corrected chi connectivity index (χ1v) is 6.81. The van der Waals surface area contributed by atoms with Gasteiger partial charge in [0.2, 0.25) is 0 Å². The number of hydrogen-bond donors (Lipinski definition) is 1. The maximum atomic E-state index is 6.03. The Morgan fingerprint density at radius 1 is 1.39 bits per heavy atom. The number of rotatable bonds is 4. The zero-order chi connectivity index (χ0) is 13.1. The van der Waals surface area contributed by atoms with E-state index in [4.69, 9.17) is 16.3 Å². The van der Waals surface area contributed by atoms with Gasteiger partial charge in [-0.15, -0.1) is 0 Å². The van der Waals surface area contributed by atoms with E-state index in [1.807, 2.05) is 0 Å². The summed E-state index contributed by atoms with van der Waals surface area (Å²) in [6, 6.07) is 2.10. The molecule has 1 aromatic heterocycles. The molecule has 1 aliphatic rings. The largest absolute Gasteiger partial charge is 0.379 e. The third kappa shape index (κ3) is 3.12. The van der Waals surface area contributed by atoms with Gasteiger partial charge in [0, 0.05) is 19.1 Å². The van der Waals surface area contributed by atoms with Crippen molar-refractivity contribution in [1.82, 2.24) is 9.97 Å². The smallest absolute Gasteiger partial charge is 0.135 e. The molecule has 1 heterocycles. The highest BCUT2D eigenvalue weighted by molar-refractivity contribution is 6.29. The number of hydrogen-bond acceptors (Lipinski definition) is 4. The Morgan fingerprint density at radius 3 is 2.83 bits per heavy atom. The fourth-order valence-electron chi connectivity index (χ4n) is 2.33. The van der Waals surface area contributed by atoms with Gasteiger partial charge in [0.05, 0.1) is 12.1 Å². The lowest BCUT2D eigenvalue weighted by molar-refractivity contribution is 0.101. The molecule has 1 saturated carbocycles. The van der Waals surface area contributed by atoms with Crippen LogP contribution in [0.3, 0.4) is 0 Å². The number of nitrogens with one attached hydrogen (secondary N) is 1. The molecule has 0 saturated heterocycles. The lowest BCUT2D eigenvalue weighted by Gasteiger charge is -2.20. The van der Waals surface area contributed by atoms with Crippen LogP contribution in [0.4, 0.5) is 5.82 Å². The monoisotopic (exact) mass is 269 g/mol. The van der Waals surface area contributed by atoms with Crippen LogP contribution in [0.1, 0.15) is 44.9 Å². The van der Waals surface area contributed by atoms with E-state index in [1.165, 1.54) is 6.42 Å². The van der Waals surface area contributed by atoms with E-state index in [-0.39, 0.29) is 12.0 Å². The van der Waals surface area contributed by atoms with E-state index in [0.29, 0.717) is 11.2 Å². The van der Waals surface area contributed by atoms with E-state index in [0.717, 1.165) is 24.5 Å². The van der Waals surface area contributed by atoms with Gasteiger partial charge in [0.15, 0.2) is 0 Å². The second kappa shape index (κ2) is 5.85. The van der Waals surface area contributed by atoms with Crippen LogP contribution in [0.5, 0.6) is 0 Å². The number of aromatic nitrogens is 2. The first-order chi connectivity index (χ1) is 8.60. The molecule has 1 fully saturated rings. The zero-order valence-electron chi connectivity index (χ0n) is 11.1. The van der Waals surface area contributed by atoms with Crippen molar-refractivity contribution < 1.29 is 4.74 Å². The molecule has 0 bridgehead atoms. The average molecular weight is 270 g/mol. The standard InChI is InChI=1S/C13H20ClN3O/c1-8(2)13-16-11(14)7-12(17-13)15-9-5-4-6-10(9)18-3/h7-10H,4-6H2,1-3H3,(H,15,16,17). The fraction of sp³-hybridized carbons (Fsp3) is 0.692. The Balaban J connectivity index is 2.13. The predicted molar refractivity (Wildman–Crippen MR) is 73.2 cm³/mol. The molecule has 18 heavy (non-hydrogen) atoms. The molecule has 2 unspecified atom stereocenters. The lowest BCUT2D eigenvalue weighted by Crippen LogP contribution is -2.30. The molecule has 0 aliphatic heterocycles. The Morgan fingerprint density at radius 2 is 2.17 bits per heavy atom. The first-order valence-electron chi connectivity index (χ1n) is 6.44. The normalized spacial score (nSPS) is 23.6. The van der Waals surface area contributed by atoms with Crippen molar-refractivity contribution in [1.29, 1.82) is 0 Å². The van der Waals surface area contributed by atoms with Crippen molar-refractivity contribution in [2.75, 3.05) is 12.4 Å². The molecule has 0 radical (unpaired) electrons. The summed E-state index contributed by atoms with van der Waals surface area (Å²) in [4.78, 5) is 8.73. The second-order valence-corrected chi connectivity index (χ2v) is 5.43. The molecule has 1 aromatic rings. The highest BCUT2D eigenvalue weighted by Crippen LogP contribution is 2.25. The summed E-state index contributed by atoms with van der Waals surface area (Å²) in [6.07, 6.45) is 3.66. The third-order valence-corrected chi connectivity index (χ3v) is 3.51. The van der Waals surface area contributed by atoms with Crippen LogP contribution < -0.4 is 5.32 Å². The van der Waals surface area contributed by atoms with Crippen LogP contribution in [0.25, 0.3) is 0 Å². The van der Waals surface area contributed by atoms with Gasteiger partial charge in [-0.05, 0) is 19.3 Å². The molecule has 5 heteroatoms. The minimum atomic E-state index is 0.265. The maximum absolute atomic E-state index is 6.03. The summed E-state index contributed by atoms with van der Waals surface area (Å²) in [6.45, 7) is 4.12. The summed E-state index contributed by atoms with van der Waals surface area (Å²) in [5.74, 6) is 1.84. The summed E-state index contributed by atoms with van der Waals surface area (Å²) in [5.41, 5.74) is 0. The molecule has 0 amide bonds. The quantitative estimate of drug-likeness (QED) is 0.853. The average Bonchev–Trinajstić information content (AvgIpc) is 2.75. The van der Waals surface area contributed by atoms with Gasteiger partial charge < -0.3 is 10.1 Å². The van der Waals surface area contributed by atoms with Crippen LogP contribution in [-0.2, 0) is 4.74 Å². The molecule has 100 valence electrons. The molecule has 4 nitrogen and oxygen atoms in total. The van der Waals surface area contributed by atoms with E-state index in [1.54, 1.807) is 13.2 Å². The topological polar surface area (TPSA) is 47.0 Å². The van der Waals surface area contributed by atoms with Crippen molar-refractivity contribution in [3.8, 4) is 0 Å². The number of methoxy groups -OCH3 is 1. The number of ether oxygens (including phenoxy) is 1. The Kier molecular flexibility index (Phi) is 4.40. The van der Waals surface area contributed by atoms with Crippen molar-refractivity contribution in [3.63, 3.8) is 0 Å². The van der Waals surface area contributed by atoms with Crippen LogP contribution >= 0.6 is 11.6 Å². The van der Waals surface area contributed by atoms with Crippen LogP contribution in [0, 0.1) is 0 Å². The molecule has 2 rings (SSSR count). The van der Waals surface area contributed by atoms with Crippen molar-refractivity contribution in [2.45, 2.75) is 51.2 Å². The molecular weight excluding hydrogens is 250 g/mol. The summed E-state index contributed by atoms with van der Waals surface area (Å²) in [7, 11) is 1.76. The van der Waals surface area contributed by atoms with Crippen LogP contribution in [0.2, 0.25) is 5.15 Å². The van der Waals surface area contributed by atoms with E-state index < -0.39 is 0 Å². The van der Waals surface area contributed by atoms with E-state index in [2.05, 4.69) is 29.1 Å². The lowest BCUT2D eigenvalue weighted by atomic mass is 10.2. The molecule has 0 aromatic carbocycles. The Labute approximate surface area is 113 Å². The number of halogens is 1. The maximum Gasteiger partial charge on any atom is 0.135 e. The predicted octanol–water partition coefficient (Wildman–Crippen LogP) is 3.23. The van der Waals surface area contributed by atoms with Gasteiger partial charge in [0.25, 0.3) is 0 Å². The van der Waals surface area contributed by atoms with Gasteiger partial charge in [-0.25, -0.2) is 9.97 Å². The molecule has 2 atom stereocenters. The number of anilines is 1. The summed E-state index contributed by atoms with van der Waals surface area (Å²) in [5, 5.41) is 3.91. The summed E-state index contributed by atoms with van der Waals surface area (Å²) >= 11 is 6.03. The van der Waals surface area contributed by atoms with Crippen molar-refractivity contribution in [3.05, 3.63) is 17.0 Å². The fourth-order valence-corrected chi connectivity index (χ4v) is 2.52. The van der Waals surface area contributed by atoms with Crippen LogP contribution in [0.15, 0.2) is 6.07 Å². The highest BCUT2D eigenvalue weighted by Gasteiger charge is 2.27. The SMILES string of the molecule is COC1CCCC1Nc1cc(Cl)nc(C(C)C)n1. The van der Waals surface area contributed by atoms with Gasteiger partial charge in [0.1, 0.15) is 16.8 Å². The Bertz CT molecular complexity index is 411. The van der Waals surface area contributed by atoms with Gasteiger partial charge in [-0.3, -0.25) is 0 Å². The Hall–Kier alpha value is -0.870. The zero-order valence-corrected chi connectivity index (χ0v) is 11.9. The minimum absolute atomic E-state index is 0.265. The third-order valence-electron chi connectivity index (χ3n) is 3.32.